The topological polar surface area (TPSA) is 13.1 Å². The third-order valence-corrected chi connectivity index (χ3v) is 3.35. The lowest BCUT2D eigenvalue weighted by molar-refractivity contribution is 0.562. The summed E-state index contributed by atoms with van der Waals surface area (Å²) in [5, 5.41) is 0.807. The predicted molar refractivity (Wildman–Crippen MR) is 65.3 cm³/mol. The average molecular weight is 283 g/mol. The van der Waals surface area contributed by atoms with Crippen LogP contribution in [0, 0.1) is 5.82 Å². The molecule has 1 aromatic heterocycles. The Morgan fingerprint density at radius 1 is 1.31 bits per heavy atom. The number of benzene rings is 1. The number of rotatable bonds is 4. The number of furan rings is 1. The van der Waals surface area contributed by atoms with Gasteiger partial charge >= 0.3 is 0 Å². The Balaban J connectivity index is 2.16. The molecule has 0 amide bonds. The minimum absolute atomic E-state index is 0.185. The monoisotopic (exact) mass is 282 g/mol. The zero-order chi connectivity index (χ0) is 11.4. The van der Waals surface area contributed by atoms with Crippen molar-refractivity contribution in [2.75, 3.05) is 5.33 Å². The fourth-order valence-corrected chi connectivity index (χ4v) is 2.32. The summed E-state index contributed by atoms with van der Waals surface area (Å²) >= 11 is 3.47. The van der Waals surface area contributed by atoms with Gasteiger partial charge in [0.2, 0.25) is 0 Å². The molecule has 0 N–H and O–H groups in total. The molecule has 0 aliphatic carbocycles. The third kappa shape index (κ3) is 2.73. The van der Waals surface area contributed by atoms with E-state index in [9.17, 15) is 4.39 Å². The first-order valence-corrected chi connectivity index (χ1v) is 6.24. The highest BCUT2D eigenvalue weighted by Crippen LogP contribution is 2.23. The van der Waals surface area contributed by atoms with Crippen LogP contribution in [0.15, 0.2) is 47.3 Å². The van der Waals surface area contributed by atoms with E-state index in [0.717, 1.165) is 22.9 Å². The number of halogens is 2. The molecule has 0 spiro atoms. The van der Waals surface area contributed by atoms with Gasteiger partial charge in [-0.3, -0.25) is 0 Å². The maximum atomic E-state index is 13.1. The van der Waals surface area contributed by atoms with E-state index >= 15 is 0 Å². The van der Waals surface area contributed by atoms with Gasteiger partial charge in [-0.2, -0.15) is 0 Å². The Bertz CT molecular complexity index is 439. The molecule has 84 valence electrons. The Labute approximate surface area is 102 Å². The third-order valence-electron chi connectivity index (χ3n) is 2.57. The summed E-state index contributed by atoms with van der Waals surface area (Å²) in [5.41, 5.74) is 2.15. The van der Waals surface area contributed by atoms with Crippen LogP contribution in [-0.2, 0) is 6.42 Å². The van der Waals surface area contributed by atoms with E-state index in [0.29, 0.717) is 0 Å². The highest BCUT2D eigenvalue weighted by atomic mass is 79.9. The van der Waals surface area contributed by atoms with Crippen LogP contribution in [0.4, 0.5) is 4.39 Å². The number of hydrogen-bond donors (Lipinski definition) is 0. The van der Waals surface area contributed by atoms with E-state index in [1.54, 1.807) is 24.7 Å². The summed E-state index contributed by atoms with van der Waals surface area (Å²) in [6.07, 6.45) is 4.24. The van der Waals surface area contributed by atoms with Crippen LogP contribution >= 0.6 is 15.9 Å². The molecular weight excluding hydrogens is 271 g/mol. The SMILES string of the molecule is Fc1cccc(C(CBr)Cc2ccoc2)c1. The molecule has 0 fully saturated rings. The van der Waals surface area contributed by atoms with Crippen molar-refractivity contribution in [1.82, 2.24) is 0 Å². The van der Waals surface area contributed by atoms with Gasteiger partial charge in [-0.1, -0.05) is 28.1 Å². The Kier molecular flexibility index (Phi) is 3.78. The van der Waals surface area contributed by atoms with Crippen LogP contribution in [0.2, 0.25) is 0 Å². The molecule has 2 rings (SSSR count). The zero-order valence-electron chi connectivity index (χ0n) is 8.70. The van der Waals surface area contributed by atoms with Crippen LogP contribution in [-0.4, -0.2) is 5.33 Å². The highest BCUT2D eigenvalue weighted by Gasteiger charge is 2.12. The molecule has 1 nitrogen and oxygen atoms in total. The van der Waals surface area contributed by atoms with Crippen molar-refractivity contribution in [1.29, 1.82) is 0 Å². The summed E-state index contributed by atoms with van der Waals surface area (Å²) < 4.78 is 18.1. The predicted octanol–water partition coefficient (Wildman–Crippen LogP) is 4.14. The van der Waals surface area contributed by atoms with Gasteiger partial charge in [-0.05, 0) is 41.7 Å². The molecule has 1 unspecified atom stereocenters. The molecule has 2 aromatic rings. The molecule has 0 bridgehead atoms. The van der Waals surface area contributed by atoms with Gasteiger partial charge < -0.3 is 4.42 Å². The summed E-state index contributed by atoms with van der Waals surface area (Å²) in [4.78, 5) is 0. The van der Waals surface area contributed by atoms with Gasteiger partial charge in [0.15, 0.2) is 0 Å². The minimum atomic E-state index is -0.185. The summed E-state index contributed by atoms with van der Waals surface area (Å²) in [5.74, 6) is 0.0870. The van der Waals surface area contributed by atoms with E-state index < -0.39 is 0 Å². The molecule has 0 saturated carbocycles. The van der Waals surface area contributed by atoms with Crippen LogP contribution in [0.1, 0.15) is 17.0 Å². The summed E-state index contributed by atoms with van der Waals surface area (Å²) in [7, 11) is 0. The molecule has 1 aromatic carbocycles. The van der Waals surface area contributed by atoms with Crippen molar-refractivity contribution in [3.8, 4) is 0 Å². The Hall–Kier alpha value is -1.09. The fourth-order valence-electron chi connectivity index (χ4n) is 1.72. The lowest BCUT2D eigenvalue weighted by Crippen LogP contribution is -2.04. The zero-order valence-corrected chi connectivity index (χ0v) is 10.3. The van der Waals surface area contributed by atoms with Gasteiger partial charge in [-0.25, -0.2) is 4.39 Å². The van der Waals surface area contributed by atoms with E-state index in [-0.39, 0.29) is 11.7 Å². The van der Waals surface area contributed by atoms with E-state index in [1.807, 2.05) is 12.1 Å². The van der Waals surface area contributed by atoms with Gasteiger partial charge in [0.1, 0.15) is 5.82 Å². The van der Waals surface area contributed by atoms with Crippen LogP contribution in [0.25, 0.3) is 0 Å². The van der Waals surface area contributed by atoms with Gasteiger partial charge in [0.25, 0.3) is 0 Å². The number of hydrogen-bond acceptors (Lipinski definition) is 1. The Morgan fingerprint density at radius 3 is 2.81 bits per heavy atom. The van der Waals surface area contributed by atoms with E-state index in [4.69, 9.17) is 4.42 Å². The second-order valence-electron chi connectivity index (χ2n) is 3.74. The van der Waals surface area contributed by atoms with Gasteiger partial charge in [0.05, 0.1) is 12.5 Å². The fraction of sp³-hybridized carbons (Fsp3) is 0.231. The maximum Gasteiger partial charge on any atom is 0.123 e. The van der Waals surface area contributed by atoms with Crippen molar-refractivity contribution < 1.29 is 8.81 Å². The normalized spacial score (nSPS) is 12.6. The van der Waals surface area contributed by atoms with Crippen molar-refractivity contribution >= 4 is 15.9 Å². The smallest absolute Gasteiger partial charge is 0.123 e. The second kappa shape index (κ2) is 5.30. The lowest BCUT2D eigenvalue weighted by atomic mass is 9.95. The maximum absolute atomic E-state index is 13.1. The first-order chi connectivity index (χ1) is 7.79. The van der Waals surface area contributed by atoms with Crippen LogP contribution in [0.5, 0.6) is 0 Å². The lowest BCUT2D eigenvalue weighted by Gasteiger charge is -2.13. The molecule has 3 heteroatoms. The van der Waals surface area contributed by atoms with Crippen molar-refractivity contribution in [3.05, 3.63) is 59.8 Å². The van der Waals surface area contributed by atoms with Crippen molar-refractivity contribution in [2.24, 2.45) is 0 Å². The minimum Gasteiger partial charge on any atom is -0.472 e. The first kappa shape index (κ1) is 11.4. The standard InChI is InChI=1S/C13H12BrFO/c14-8-12(6-10-4-5-16-9-10)11-2-1-3-13(15)7-11/h1-5,7,9,12H,6,8H2. The largest absolute Gasteiger partial charge is 0.472 e. The van der Waals surface area contributed by atoms with Crippen molar-refractivity contribution in [2.45, 2.75) is 12.3 Å². The average Bonchev–Trinajstić information content (AvgIpc) is 2.78. The first-order valence-electron chi connectivity index (χ1n) is 5.12. The van der Waals surface area contributed by atoms with Crippen LogP contribution in [0.3, 0.4) is 0 Å². The van der Waals surface area contributed by atoms with Gasteiger partial charge in [-0.15, -0.1) is 0 Å². The second-order valence-corrected chi connectivity index (χ2v) is 4.39. The molecule has 0 radical (unpaired) electrons. The quantitative estimate of drug-likeness (QED) is 0.769. The molecule has 16 heavy (non-hydrogen) atoms. The summed E-state index contributed by atoms with van der Waals surface area (Å²) in [6, 6.07) is 8.69. The molecular formula is C13H12BrFO. The molecule has 0 aliphatic heterocycles. The molecule has 1 heterocycles. The molecule has 0 aliphatic rings. The van der Waals surface area contributed by atoms with E-state index in [1.165, 1.54) is 6.07 Å². The number of alkyl halides is 1. The molecule has 0 saturated heterocycles. The van der Waals surface area contributed by atoms with Gasteiger partial charge in [0, 0.05) is 5.33 Å². The summed E-state index contributed by atoms with van der Waals surface area (Å²) in [6.45, 7) is 0. The Morgan fingerprint density at radius 2 is 2.19 bits per heavy atom. The van der Waals surface area contributed by atoms with E-state index in [2.05, 4.69) is 15.9 Å². The van der Waals surface area contributed by atoms with Crippen LogP contribution < -0.4 is 0 Å². The van der Waals surface area contributed by atoms with Crippen molar-refractivity contribution in [3.63, 3.8) is 0 Å². The molecule has 1 atom stereocenters. The highest BCUT2D eigenvalue weighted by molar-refractivity contribution is 9.09.